The van der Waals surface area contributed by atoms with E-state index in [4.69, 9.17) is 19.1 Å². The maximum absolute atomic E-state index is 12.3. The van der Waals surface area contributed by atoms with Gasteiger partial charge in [0.1, 0.15) is 17.8 Å². The molecule has 2 fully saturated rings. The highest BCUT2D eigenvalue weighted by atomic mass is 17.1. The smallest absolute Gasteiger partial charge is 0.334 e. The first-order valence-electron chi connectivity index (χ1n) is 10.3. The molecule has 0 amide bonds. The van der Waals surface area contributed by atoms with Gasteiger partial charge in [-0.15, -0.1) is 0 Å². The predicted molar refractivity (Wildman–Crippen MR) is 105 cm³/mol. The van der Waals surface area contributed by atoms with Gasteiger partial charge in [-0.25, -0.2) is 9.68 Å². The molecule has 0 unspecified atom stereocenters. The Balaban J connectivity index is 1.89. The van der Waals surface area contributed by atoms with Gasteiger partial charge in [0, 0.05) is 18.4 Å². The number of rotatable bonds is 2. The van der Waals surface area contributed by atoms with Crippen molar-refractivity contribution < 1.29 is 33.9 Å². The van der Waals surface area contributed by atoms with Crippen LogP contribution in [0.4, 0.5) is 0 Å². The first-order chi connectivity index (χ1) is 13.6. The summed E-state index contributed by atoms with van der Waals surface area (Å²) in [5.41, 5.74) is -0.727. The summed E-state index contributed by atoms with van der Waals surface area (Å²) in [6.07, 6.45) is 5.97. The van der Waals surface area contributed by atoms with Crippen LogP contribution in [-0.2, 0) is 28.7 Å². The van der Waals surface area contributed by atoms with Crippen LogP contribution in [0.25, 0.3) is 0 Å². The number of hydrogen-bond acceptors (Lipinski definition) is 7. The minimum Gasteiger partial charge on any atom is -0.458 e. The van der Waals surface area contributed by atoms with Crippen molar-refractivity contribution >= 4 is 11.9 Å². The molecule has 162 valence electrons. The predicted octanol–water partition coefficient (Wildman–Crippen LogP) is 3.58. The molecule has 7 heteroatoms. The van der Waals surface area contributed by atoms with E-state index < -0.39 is 29.7 Å². The first kappa shape index (κ1) is 22.0. The molecule has 2 saturated heterocycles. The lowest BCUT2D eigenvalue weighted by Crippen LogP contribution is -2.41. The molecule has 1 aliphatic carbocycles. The Morgan fingerprint density at radius 2 is 2.10 bits per heavy atom. The van der Waals surface area contributed by atoms with Gasteiger partial charge >= 0.3 is 11.9 Å². The van der Waals surface area contributed by atoms with Gasteiger partial charge in [0.15, 0.2) is 0 Å². The summed E-state index contributed by atoms with van der Waals surface area (Å²) in [5.74, 6) is -1.14. The maximum Gasteiger partial charge on any atom is 0.334 e. The van der Waals surface area contributed by atoms with Crippen LogP contribution in [0.15, 0.2) is 24.3 Å². The second kappa shape index (κ2) is 8.20. The van der Waals surface area contributed by atoms with Crippen LogP contribution in [0.1, 0.15) is 59.8 Å². The van der Waals surface area contributed by atoms with Crippen molar-refractivity contribution in [3.8, 4) is 0 Å². The van der Waals surface area contributed by atoms with Crippen molar-refractivity contribution in [1.29, 1.82) is 0 Å². The second-order valence-electron chi connectivity index (χ2n) is 9.11. The third kappa shape index (κ3) is 4.73. The summed E-state index contributed by atoms with van der Waals surface area (Å²) in [4.78, 5) is 28.8. The molecule has 0 aromatic heterocycles. The zero-order valence-electron chi connectivity index (χ0n) is 17.7. The van der Waals surface area contributed by atoms with Crippen LogP contribution in [0.5, 0.6) is 0 Å². The van der Waals surface area contributed by atoms with E-state index in [9.17, 15) is 14.8 Å². The summed E-state index contributed by atoms with van der Waals surface area (Å²) in [6.45, 7) is 11.1. The Kier molecular flexibility index (Phi) is 6.22. The molecule has 1 N–H and O–H groups in total. The van der Waals surface area contributed by atoms with Crippen LogP contribution >= 0.6 is 0 Å². The minimum absolute atomic E-state index is 0.0496. The van der Waals surface area contributed by atoms with Gasteiger partial charge in [-0.05, 0) is 51.9 Å². The molecule has 0 bridgehead atoms. The number of hydrogen-bond donors (Lipinski definition) is 1. The van der Waals surface area contributed by atoms with Crippen molar-refractivity contribution in [1.82, 2.24) is 0 Å². The SMILES string of the molecule is C=C1C(=O)O[C@H]2[C@H](OC(C)=O)[C@@H](C)CCC[C@](C)(OO)/C=C/C[C@@]3(C)O[C@@H]3C[C@@H]12. The van der Waals surface area contributed by atoms with E-state index in [0.717, 1.165) is 12.8 Å². The highest BCUT2D eigenvalue weighted by Gasteiger charge is 2.56. The number of carbonyl (C=O) groups excluding carboxylic acids is 2. The Morgan fingerprint density at radius 1 is 1.38 bits per heavy atom. The van der Waals surface area contributed by atoms with Gasteiger partial charge in [0.2, 0.25) is 0 Å². The molecule has 2 aliphatic heterocycles. The van der Waals surface area contributed by atoms with Gasteiger partial charge in [-0.3, -0.25) is 10.1 Å². The van der Waals surface area contributed by atoms with Gasteiger partial charge in [-0.2, -0.15) is 0 Å². The first-order valence-corrected chi connectivity index (χ1v) is 10.3. The van der Waals surface area contributed by atoms with E-state index in [1.54, 1.807) is 0 Å². The van der Waals surface area contributed by atoms with Crippen LogP contribution < -0.4 is 0 Å². The Labute approximate surface area is 172 Å². The summed E-state index contributed by atoms with van der Waals surface area (Å²) in [6, 6.07) is 0. The fourth-order valence-corrected chi connectivity index (χ4v) is 4.54. The van der Waals surface area contributed by atoms with Crippen LogP contribution in [0.2, 0.25) is 0 Å². The normalized spacial score (nSPS) is 44.1. The molecule has 3 aliphatic rings. The lowest BCUT2D eigenvalue weighted by atomic mass is 9.81. The number of fused-ring (bicyclic) bond motifs is 2. The van der Waals surface area contributed by atoms with E-state index >= 15 is 0 Å². The van der Waals surface area contributed by atoms with Crippen molar-refractivity contribution in [2.75, 3.05) is 0 Å². The average molecular weight is 408 g/mol. The molecule has 0 spiro atoms. The molecule has 0 saturated carbocycles. The zero-order valence-corrected chi connectivity index (χ0v) is 17.7. The quantitative estimate of drug-likeness (QED) is 0.186. The Morgan fingerprint density at radius 3 is 2.76 bits per heavy atom. The van der Waals surface area contributed by atoms with Gasteiger partial charge in [0.25, 0.3) is 0 Å². The van der Waals surface area contributed by atoms with E-state index in [0.29, 0.717) is 24.8 Å². The van der Waals surface area contributed by atoms with Gasteiger partial charge in [0.05, 0.1) is 11.7 Å². The van der Waals surface area contributed by atoms with Gasteiger partial charge in [-0.1, -0.05) is 25.7 Å². The molecule has 3 rings (SSSR count). The molecule has 0 aromatic carbocycles. The summed E-state index contributed by atoms with van der Waals surface area (Å²) in [7, 11) is 0. The molecule has 29 heavy (non-hydrogen) atoms. The monoisotopic (exact) mass is 408 g/mol. The maximum atomic E-state index is 12.3. The van der Waals surface area contributed by atoms with Crippen LogP contribution in [0.3, 0.4) is 0 Å². The highest BCUT2D eigenvalue weighted by Crippen LogP contribution is 2.47. The Bertz CT molecular complexity index is 701. The number of carbonyl (C=O) groups is 2. The largest absolute Gasteiger partial charge is 0.458 e. The van der Waals surface area contributed by atoms with Crippen molar-refractivity contribution in [3.05, 3.63) is 24.3 Å². The Hall–Kier alpha value is -1.70. The van der Waals surface area contributed by atoms with Crippen LogP contribution in [0, 0.1) is 11.8 Å². The average Bonchev–Trinajstić information content (AvgIpc) is 3.21. The lowest BCUT2D eigenvalue weighted by molar-refractivity contribution is -0.304. The molecule has 2 heterocycles. The lowest BCUT2D eigenvalue weighted by Gasteiger charge is -2.31. The van der Waals surface area contributed by atoms with Crippen LogP contribution in [-0.4, -0.2) is 46.7 Å². The molecular weight excluding hydrogens is 376 g/mol. The molecule has 0 aromatic rings. The third-order valence-electron chi connectivity index (χ3n) is 6.57. The van der Waals surface area contributed by atoms with Crippen molar-refractivity contribution in [2.24, 2.45) is 11.8 Å². The highest BCUT2D eigenvalue weighted by molar-refractivity contribution is 5.91. The second-order valence-corrected chi connectivity index (χ2v) is 9.11. The fraction of sp³-hybridized carbons (Fsp3) is 0.727. The third-order valence-corrected chi connectivity index (χ3v) is 6.57. The topological polar surface area (TPSA) is 94.6 Å². The fourth-order valence-electron chi connectivity index (χ4n) is 4.54. The van der Waals surface area contributed by atoms with E-state index in [1.165, 1.54) is 6.92 Å². The number of esters is 2. The van der Waals surface area contributed by atoms with Gasteiger partial charge < -0.3 is 14.2 Å². The zero-order chi connectivity index (χ0) is 21.4. The number of epoxide rings is 1. The molecule has 0 radical (unpaired) electrons. The number of ether oxygens (including phenoxy) is 3. The van der Waals surface area contributed by atoms with E-state index in [-0.39, 0.29) is 23.5 Å². The summed E-state index contributed by atoms with van der Waals surface area (Å²) in [5, 5.41) is 9.40. The van der Waals surface area contributed by atoms with Crippen molar-refractivity contribution in [3.63, 3.8) is 0 Å². The molecule has 7 nitrogen and oxygen atoms in total. The summed E-state index contributed by atoms with van der Waals surface area (Å²) >= 11 is 0. The standard InChI is InChI=1S/C22H32O7/c1-13-8-6-9-21(4,29-25)10-7-11-22(5)17(28-22)12-16-14(2)20(24)27-19(16)18(13)26-15(3)23/h7,10,13,16-19,25H,2,6,8-9,11-12H2,1,3-5H3/b10-7+/t13-,16-,17+,18+,19+,21-,22+/m0/s1. The molecular formula is C22H32O7. The van der Waals surface area contributed by atoms with Crippen molar-refractivity contribution in [2.45, 2.75) is 89.3 Å². The van der Waals surface area contributed by atoms with E-state index in [1.807, 2.05) is 32.9 Å². The molecule has 7 atom stereocenters. The van der Waals surface area contributed by atoms with E-state index in [2.05, 4.69) is 6.58 Å². The summed E-state index contributed by atoms with van der Waals surface area (Å²) < 4.78 is 17.2. The minimum atomic E-state index is -0.793.